The first-order valence-corrected chi connectivity index (χ1v) is 11.0. The molecule has 12 nitrogen and oxygen atoms in total. The maximum Gasteiger partial charge on any atom is 0.359 e. The fraction of sp³-hybridized carbons (Fsp3) is 0.824. The summed E-state index contributed by atoms with van der Waals surface area (Å²) in [5, 5.41) is 30.5. The van der Waals surface area contributed by atoms with Gasteiger partial charge in [-0.2, -0.15) is 0 Å². The molecule has 13 heteroatoms. The van der Waals surface area contributed by atoms with E-state index in [1.54, 1.807) is 6.92 Å². The number of aliphatic imine (C=N–C) groups is 1. The largest absolute Gasteiger partial charge is 0.388 e. The maximum absolute atomic E-state index is 12.4. The number of carbonyl (C=O) groups excluding carboxylic acids is 2. The number of nitrogens with zero attached hydrogens (tertiary/aromatic N) is 2. The number of hydrogen-bond donors (Lipinski definition) is 5. The van der Waals surface area contributed by atoms with Gasteiger partial charge in [0.25, 0.3) is 0 Å². The molecule has 0 spiro atoms. The Balaban J connectivity index is 2.87. The lowest BCUT2D eigenvalue weighted by molar-refractivity contribution is -0.118. The van der Waals surface area contributed by atoms with E-state index in [-0.39, 0.29) is 12.8 Å². The molecule has 5 N–H and O–H groups in total. The Morgan fingerprint density at radius 3 is 2.33 bits per heavy atom. The molecule has 30 heavy (non-hydrogen) atoms. The number of ether oxygens (including phenoxy) is 1. The normalized spacial score (nSPS) is 28.7. The van der Waals surface area contributed by atoms with Crippen molar-refractivity contribution in [3.05, 3.63) is 0 Å². The zero-order valence-electron chi connectivity index (χ0n) is 18.0. The van der Waals surface area contributed by atoms with Crippen molar-refractivity contribution in [2.24, 2.45) is 4.99 Å². The van der Waals surface area contributed by atoms with Crippen LogP contribution in [0.5, 0.6) is 0 Å². The number of carbonyl (C=O) groups is 2. The lowest BCUT2D eigenvalue weighted by Gasteiger charge is -2.36. The van der Waals surface area contributed by atoms with Crippen molar-refractivity contribution in [1.82, 2.24) is 10.2 Å². The molecular weight excluding hydrogens is 421 g/mol. The van der Waals surface area contributed by atoms with E-state index >= 15 is 0 Å². The van der Waals surface area contributed by atoms with E-state index in [1.807, 2.05) is 5.32 Å². The Morgan fingerprint density at radius 2 is 1.87 bits per heavy atom. The van der Waals surface area contributed by atoms with Gasteiger partial charge >= 0.3 is 13.6 Å². The predicted molar refractivity (Wildman–Crippen MR) is 107 cm³/mol. The van der Waals surface area contributed by atoms with Crippen molar-refractivity contribution in [3.63, 3.8) is 0 Å². The van der Waals surface area contributed by atoms with Gasteiger partial charge in [-0.25, -0.2) is 9.79 Å². The zero-order chi connectivity index (χ0) is 23.5. The lowest BCUT2D eigenvalue weighted by Crippen LogP contribution is -2.40. The van der Waals surface area contributed by atoms with Crippen molar-refractivity contribution in [2.75, 3.05) is 7.05 Å². The molecule has 2 unspecified atom stereocenters. The highest BCUT2D eigenvalue weighted by molar-refractivity contribution is 7.54. The molecule has 6 atom stereocenters. The molecule has 174 valence electrons. The van der Waals surface area contributed by atoms with E-state index in [1.165, 1.54) is 20.9 Å². The molecule has 1 aliphatic heterocycles. The molecule has 1 heterocycles. The standard InChI is InChI=1S/C17H32N3O9P/c1-7-17(5,29-30(26,27)16(3,4)25)8-11-12(22)13(23)14(28-11)18-9-20(6)15(24)19-10(2)21/h9,11-14,22-23,25H,7-8H2,1-6H3,(H,26,27)(H,19,21,24)/b18-9+/t11-,12-,13-,14-,17?/m1/s1. The Kier molecular flexibility index (Phi) is 8.72. The highest BCUT2D eigenvalue weighted by Crippen LogP contribution is 2.57. The topological polar surface area (TPSA) is 178 Å². The SMILES string of the molecule is CCC(C)(C[C@H]1O[C@@H](/N=C/N(C)C(=O)NC(C)=O)[C@H](O)[C@@H]1O)OP(=O)(O)C(C)(C)O. The van der Waals surface area contributed by atoms with Gasteiger partial charge in [-0.05, 0) is 27.2 Å². The van der Waals surface area contributed by atoms with Gasteiger partial charge in [0.2, 0.25) is 5.91 Å². The molecule has 0 radical (unpaired) electrons. The monoisotopic (exact) mass is 453 g/mol. The number of aliphatic hydroxyl groups is 3. The molecule has 0 saturated carbocycles. The summed E-state index contributed by atoms with van der Waals surface area (Å²) in [6.45, 7) is 6.70. The minimum Gasteiger partial charge on any atom is -0.388 e. The summed E-state index contributed by atoms with van der Waals surface area (Å²) >= 11 is 0. The van der Waals surface area contributed by atoms with E-state index in [2.05, 4.69) is 4.99 Å². The van der Waals surface area contributed by atoms with Gasteiger partial charge in [-0.1, -0.05) is 6.92 Å². The first kappa shape index (κ1) is 26.6. The Labute approximate surface area is 175 Å². The summed E-state index contributed by atoms with van der Waals surface area (Å²) in [5.41, 5.74) is -1.26. The first-order valence-electron chi connectivity index (χ1n) is 9.38. The smallest absolute Gasteiger partial charge is 0.359 e. The summed E-state index contributed by atoms with van der Waals surface area (Å²) in [4.78, 5) is 37.5. The molecule has 1 aliphatic rings. The van der Waals surface area contributed by atoms with Crippen molar-refractivity contribution in [1.29, 1.82) is 0 Å². The predicted octanol–water partition coefficient (Wildman–Crippen LogP) is 0.139. The van der Waals surface area contributed by atoms with Gasteiger partial charge in [0, 0.05) is 20.4 Å². The number of hydrogen-bond acceptors (Lipinski definition) is 9. The number of aliphatic hydroxyl groups excluding tert-OH is 2. The summed E-state index contributed by atoms with van der Waals surface area (Å²) in [6, 6.07) is -0.742. The third-order valence-corrected chi connectivity index (χ3v) is 6.82. The third kappa shape index (κ3) is 6.81. The van der Waals surface area contributed by atoms with E-state index < -0.39 is 55.0 Å². The van der Waals surface area contributed by atoms with Crippen LogP contribution in [0.4, 0.5) is 4.79 Å². The molecule has 1 saturated heterocycles. The van der Waals surface area contributed by atoms with Gasteiger partial charge in [-0.15, -0.1) is 0 Å². The van der Waals surface area contributed by atoms with Crippen LogP contribution in [0, 0.1) is 0 Å². The number of rotatable bonds is 8. The molecule has 1 rings (SSSR count). The van der Waals surface area contributed by atoms with Crippen LogP contribution in [0.15, 0.2) is 4.99 Å². The molecule has 0 bridgehead atoms. The van der Waals surface area contributed by atoms with Crippen molar-refractivity contribution >= 4 is 25.9 Å². The molecule has 0 aromatic rings. The van der Waals surface area contributed by atoms with Crippen LogP contribution in [0.1, 0.15) is 47.5 Å². The summed E-state index contributed by atoms with van der Waals surface area (Å²) in [6.07, 6.45) is -3.80. The quantitative estimate of drug-likeness (QED) is 0.194. The van der Waals surface area contributed by atoms with Gasteiger partial charge in [0.05, 0.1) is 18.0 Å². The van der Waals surface area contributed by atoms with Gasteiger partial charge in [0.15, 0.2) is 11.6 Å². The lowest BCUT2D eigenvalue weighted by atomic mass is 9.93. The molecule has 0 aromatic carbocycles. The first-order chi connectivity index (χ1) is 13.5. The highest BCUT2D eigenvalue weighted by Gasteiger charge is 2.49. The van der Waals surface area contributed by atoms with Crippen LogP contribution in [0.25, 0.3) is 0 Å². The van der Waals surface area contributed by atoms with Crippen molar-refractivity contribution in [3.8, 4) is 0 Å². The fourth-order valence-electron chi connectivity index (χ4n) is 2.56. The van der Waals surface area contributed by atoms with Crippen LogP contribution in [0.3, 0.4) is 0 Å². The summed E-state index contributed by atoms with van der Waals surface area (Å²) in [5.74, 6) is -0.557. The van der Waals surface area contributed by atoms with Crippen LogP contribution in [-0.2, 0) is 18.6 Å². The third-order valence-electron chi connectivity index (χ3n) is 4.74. The minimum absolute atomic E-state index is 0.0744. The van der Waals surface area contributed by atoms with Crippen LogP contribution in [0.2, 0.25) is 0 Å². The average Bonchev–Trinajstić information content (AvgIpc) is 2.85. The van der Waals surface area contributed by atoms with Gasteiger partial charge in [-0.3, -0.25) is 19.6 Å². The van der Waals surface area contributed by atoms with E-state index in [0.29, 0.717) is 0 Å². The summed E-state index contributed by atoms with van der Waals surface area (Å²) < 4.78 is 23.3. The Morgan fingerprint density at radius 1 is 1.30 bits per heavy atom. The van der Waals surface area contributed by atoms with Gasteiger partial charge in [0.1, 0.15) is 12.2 Å². The molecule has 0 aromatic heterocycles. The van der Waals surface area contributed by atoms with Crippen LogP contribution in [-0.4, -0.2) is 85.9 Å². The van der Waals surface area contributed by atoms with E-state index in [0.717, 1.165) is 25.1 Å². The van der Waals surface area contributed by atoms with Gasteiger partial charge < -0.3 is 29.5 Å². The number of imide groups is 1. The van der Waals surface area contributed by atoms with Crippen molar-refractivity contribution < 1.29 is 43.6 Å². The minimum atomic E-state index is -4.42. The number of nitrogens with one attached hydrogen (secondary N) is 1. The second-order valence-electron chi connectivity index (χ2n) is 8.02. The number of urea groups is 1. The fourth-order valence-corrected chi connectivity index (χ4v) is 3.58. The van der Waals surface area contributed by atoms with Crippen LogP contribution < -0.4 is 5.32 Å². The zero-order valence-corrected chi connectivity index (χ0v) is 18.9. The molecule has 1 fully saturated rings. The molecular formula is C17H32N3O9P. The number of amides is 3. The van der Waals surface area contributed by atoms with Crippen LogP contribution >= 0.6 is 7.60 Å². The van der Waals surface area contributed by atoms with E-state index in [9.17, 15) is 34.4 Å². The molecule has 0 aliphatic carbocycles. The Bertz CT molecular complexity index is 711. The second kappa shape index (κ2) is 9.82. The van der Waals surface area contributed by atoms with Crippen molar-refractivity contribution in [2.45, 2.75) is 82.9 Å². The van der Waals surface area contributed by atoms with E-state index in [4.69, 9.17) is 9.26 Å². The highest BCUT2D eigenvalue weighted by atomic mass is 31.2. The Hall–Kier alpha value is -1.40. The average molecular weight is 453 g/mol. The second-order valence-corrected chi connectivity index (χ2v) is 10.3. The molecule has 3 amide bonds. The maximum atomic E-state index is 12.4. The summed E-state index contributed by atoms with van der Waals surface area (Å²) in [7, 11) is -3.09.